The molecule has 0 saturated heterocycles. The molecule has 5 nitrogen and oxygen atoms in total. The minimum atomic E-state index is -0.135. The van der Waals surface area contributed by atoms with Gasteiger partial charge in [-0.15, -0.1) is 11.3 Å². The minimum absolute atomic E-state index is 0.135. The number of carbonyl (C=O) groups is 1. The molecule has 1 amide bonds. The maximum Gasteiger partial charge on any atom is 0.239 e. The van der Waals surface area contributed by atoms with Crippen LogP contribution in [-0.4, -0.2) is 31.5 Å². The number of benzene rings is 1. The molecule has 0 saturated carbocycles. The van der Waals surface area contributed by atoms with Gasteiger partial charge in [0.1, 0.15) is 16.8 Å². The monoisotopic (exact) mass is 315 g/mol. The second kappa shape index (κ2) is 7.59. The van der Waals surface area contributed by atoms with Crippen LogP contribution in [0, 0.1) is 11.3 Å². The first-order chi connectivity index (χ1) is 10.6. The lowest BCUT2D eigenvalue weighted by Crippen LogP contribution is -2.29. The standard InChI is InChI=1S/C16H17N3O2S/c1-19(10-12-4-3-5-14(8-12)21-2)11-15(20)18-16-13(9-17)6-7-22-16/h3-8H,10-11H2,1-2H3,(H,18,20). The van der Waals surface area contributed by atoms with E-state index in [9.17, 15) is 4.79 Å². The molecule has 0 bridgehead atoms. The molecule has 0 radical (unpaired) electrons. The van der Waals surface area contributed by atoms with Crippen LogP contribution in [-0.2, 0) is 11.3 Å². The normalized spacial score (nSPS) is 10.3. The van der Waals surface area contributed by atoms with Crippen molar-refractivity contribution in [2.45, 2.75) is 6.54 Å². The molecule has 6 heteroatoms. The van der Waals surface area contributed by atoms with Crippen molar-refractivity contribution >= 4 is 22.2 Å². The average molecular weight is 315 g/mol. The maximum atomic E-state index is 12.0. The van der Waals surface area contributed by atoms with Gasteiger partial charge in [0.25, 0.3) is 0 Å². The van der Waals surface area contributed by atoms with E-state index < -0.39 is 0 Å². The summed E-state index contributed by atoms with van der Waals surface area (Å²) < 4.78 is 5.19. The maximum absolute atomic E-state index is 12.0. The quantitative estimate of drug-likeness (QED) is 0.890. The van der Waals surface area contributed by atoms with E-state index in [1.54, 1.807) is 18.6 Å². The summed E-state index contributed by atoms with van der Waals surface area (Å²) in [6.07, 6.45) is 0. The van der Waals surface area contributed by atoms with E-state index in [0.29, 0.717) is 17.1 Å². The highest BCUT2D eigenvalue weighted by Gasteiger charge is 2.11. The second-order valence-corrected chi connectivity index (χ2v) is 5.76. The number of carbonyl (C=O) groups excluding carboxylic acids is 1. The summed E-state index contributed by atoms with van der Waals surface area (Å²) in [5, 5.41) is 14.1. The summed E-state index contributed by atoms with van der Waals surface area (Å²) >= 11 is 1.35. The largest absolute Gasteiger partial charge is 0.497 e. The Bertz CT molecular complexity index is 691. The Morgan fingerprint density at radius 2 is 2.27 bits per heavy atom. The van der Waals surface area contributed by atoms with Gasteiger partial charge in [-0.05, 0) is 36.2 Å². The number of nitrogens with one attached hydrogen (secondary N) is 1. The fraction of sp³-hybridized carbons (Fsp3) is 0.250. The Morgan fingerprint density at radius 3 is 3.00 bits per heavy atom. The van der Waals surface area contributed by atoms with Gasteiger partial charge in [-0.3, -0.25) is 9.69 Å². The molecule has 22 heavy (non-hydrogen) atoms. The lowest BCUT2D eigenvalue weighted by molar-refractivity contribution is -0.117. The molecule has 2 aromatic rings. The summed E-state index contributed by atoms with van der Waals surface area (Å²) in [4.78, 5) is 13.9. The molecule has 0 unspecified atom stereocenters. The topological polar surface area (TPSA) is 65.4 Å². The van der Waals surface area contributed by atoms with Crippen molar-refractivity contribution in [1.82, 2.24) is 4.90 Å². The number of methoxy groups -OCH3 is 1. The third-order valence-corrected chi connectivity index (χ3v) is 3.87. The molecular weight excluding hydrogens is 298 g/mol. The van der Waals surface area contributed by atoms with Crippen molar-refractivity contribution in [2.24, 2.45) is 0 Å². The highest BCUT2D eigenvalue weighted by Crippen LogP contribution is 2.22. The van der Waals surface area contributed by atoms with Crippen LogP contribution in [0.25, 0.3) is 0 Å². The summed E-state index contributed by atoms with van der Waals surface area (Å²) in [6.45, 7) is 0.889. The summed E-state index contributed by atoms with van der Waals surface area (Å²) in [7, 11) is 3.50. The van der Waals surface area contributed by atoms with Gasteiger partial charge >= 0.3 is 0 Å². The van der Waals surface area contributed by atoms with Crippen molar-refractivity contribution in [1.29, 1.82) is 5.26 Å². The highest BCUT2D eigenvalue weighted by molar-refractivity contribution is 7.14. The zero-order valence-corrected chi connectivity index (χ0v) is 13.3. The molecular formula is C16H17N3O2S. The van der Waals surface area contributed by atoms with Crippen molar-refractivity contribution in [3.05, 3.63) is 46.8 Å². The van der Waals surface area contributed by atoms with E-state index >= 15 is 0 Å². The van der Waals surface area contributed by atoms with Gasteiger partial charge in [0.2, 0.25) is 5.91 Å². The van der Waals surface area contributed by atoms with E-state index in [-0.39, 0.29) is 12.5 Å². The molecule has 2 rings (SSSR count). The Kier molecular flexibility index (Phi) is 5.53. The van der Waals surface area contributed by atoms with Gasteiger partial charge in [0.15, 0.2) is 0 Å². The summed E-state index contributed by atoms with van der Waals surface area (Å²) in [5.41, 5.74) is 1.57. The lowest BCUT2D eigenvalue weighted by Gasteiger charge is -2.16. The Labute approximate surface area is 133 Å². The number of hydrogen-bond acceptors (Lipinski definition) is 5. The highest BCUT2D eigenvalue weighted by atomic mass is 32.1. The molecule has 0 aliphatic carbocycles. The number of nitrogens with zero attached hydrogens (tertiary/aromatic N) is 2. The van der Waals surface area contributed by atoms with Crippen LogP contribution in [0.15, 0.2) is 35.7 Å². The van der Waals surface area contributed by atoms with Crippen LogP contribution in [0.4, 0.5) is 5.00 Å². The minimum Gasteiger partial charge on any atom is -0.497 e. The summed E-state index contributed by atoms with van der Waals surface area (Å²) in [5.74, 6) is 0.664. The number of amides is 1. The predicted octanol–water partition coefficient (Wildman–Crippen LogP) is 2.70. The molecule has 114 valence electrons. The third-order valence-electron chi connectivity index (χ3n) is 3.04. The molecule has 0 atom stereocenters. The first-order valence-electron chi connectivity index (χ1n) is 6.71. The molecule has 1 heterocycles. The van der Waals surface area contributed by atoms with E-state index in [0.717, 1.165) is 11.3 Å². The Morgan fingerprint density at radius 1 is 1.45 bits per heavy atom. The van der Waals surface area contributed by atoms with Crippen molar-refractivity contribution in [3.63, 3.8) is 0 Å². The number of nitriles is 1. The number of ether oxygens (including phenoxy) is 1. The fourth-order valence-corrected chi connectivity index (χ4v) is 2.80. The van der Waals surface area contributed by atoms with E-state index in [4.69, 9.17) is 10.00 Å². The average Bonchev–Trinajstić information content (AvgIpc) is 2.94. The Hall–Kier alpha value is -2.36. The van der Waals surface area contributed by atoms with Crippen LogP contribution in [0.2, 0.25) is 0 Å². The van der Waals surface area contributed by atoms with Crippen molar-refractivity contribution < 1.29 is 9.53 Å². The zero-order chi connectivity index (χ0) is 15.9. The number of likely N-dealkylation sites (N-methyl/N-ethyl adjacent to an activating group) is 1. The van der Waals surface area contributed by atoms with E-state index in [1.165, 1.54) is 11.3 Å². The first-order valence-corrected chi connectivity index (χ1v) is 7.59. The summed E-state index contributed by atoms with van der Waals surface area (Å²) in [6, 6.07) is 11.5. The fourth-order valence-electron chi connectivity index (χ4n) is 2.04. The van der Waals surface area contributed by atoms with Gasteiger partial charge in [-0.2, -0.15) is 5.26 Å². The van der Waals surface area contributed by atoms with Crippen LogP contribution in [0.3, 0.4) is 0 Å². The van der Waals surface area contributed by atoms with Crippen LogP contribution >= 0.6 is 11.3 Å². The van der Waals surface area contributed by atoms with Crippen LogP contribution < -0.4 is 10.1 Å². The smallest absolute Gasteiger partial charge is 0.239 e. The van der Waals surface area contributed by atoms with Crippen LogP contribution in [0.1, 0.15) is 11.1 Å². The van der Waals surface area contributed by atoms with Gasteiger partial charge < -0.3 is 10.1 Å². The van der Waals surface area contributed by atoms with Gasteiger partial charge in [-0.25, -0.2) is 0 Å². The lowest BCUT2D eigenvalue weighted by atomic mass is 10.2. The number of thiophene rings is 1. The number of hydrogen-bond donors (Lipinski definition) is 1. The van der Waals surface area contributed by atoms with E-state index in [2.05, 4.69) is 11.4 Å². The molecule has 1 N–H and O–H groups in total. The molecule has 0 spiro atoms. The number of rotatable bonds is 6. The molecule has 1 aromatic carbocycles. The van der Waals surface area contributed by atoms with Crippen LogP contribution in [0.5, 0.6) is 5.75 Å². The Balaban J connectivity index is 1.90. The third kappa shape index (κ3) is 4.32. The number of anilines is 1. The van der Waals surface area contributed by atoms with Gasteiger partial charge in [0, 0.05) is 6.54 Å². The zero-order valence-electron chi connectivity index (χ0n) is 12.5. The molecule has 0 aliphatic heterocycles. The van der Waals surface area contributed by atoms with Crippen molar-refractivity contribution in [2.75, 3.05) is 26.0 Å². The molecule has 0 aliphatic rings. The second-order valence-electron chi connectivity index (χ2n) is 4.85. The molecule has 0 fully saturated rings. The van der Waals surface area contributed by atoms with Crippen molar-refractivity contribution in [3.8, 4) is 11.8 Å². The molecule has 1 aromatic heterocycles. The van der Waals surface area contributed by atoms with Gasteiger partial charge in [0.05, 0.1) is 19.2 Å². The SMILES string of the molecule is COc1cccc(CN(C)CC(=O)Nc2sccc2C#N)c1. The van der Waals surface area contributed by atoms with E-state index in [1.807, 2.05) is 36.2 Å². The first kappa shape index (κ1) is 16.0. The predicted molar refractivity (Wildman–Crippen MR) is 87.0 cm³/mol. The van der Waals surface area contributed by atoms with Gasteiger partial charge in [-0.1, -0.05) is 12.1 Å².